The number of methoxy groups -OCH3 is 1. The molecule has 0 spiro atoms. The van der Waals surface area contributed by atoms with Gasteiger partial charge in [0, 0.05) is 19.2 Å². The molecule has 3 rings (SSSR count). The minimum atomic E-state index is -0.493. The molecule has 128 valence electrons. The van der Waals surface area contributed by atoms with Crippen LogP contribution in [0.3, 0.4) is 0 Å². The molecule has 1 fully saturated rings. The number of furan rings is 1. The topological polar surface area (TPSA) is 85.8 Å². The zero-order valence-corrected chi connectivity index (χ0v) is 14.8. The van der Waals surface area contributed by atoms with Gasteiger partial charge in [0.1, 0.15) is 21.6 Å². The summed E-state index contributed by atoms with van der Waals surface area (Å²) in [5.74, 6) is 1.10. The number of ether oxygens (including phenoxy) is 1. The lowest BCUT2D eigenvalue weighted by Gasteiger charge is -2.05. The highest BCUT2D eigenvalue weighted by Crippen LogP contribution is 2.36. The number of non-ortho nitro benzene ring substituents is 1. The Labute approximate surface area is 152 Å². The molecule has 1 amide bonds. The van der Waals surface area contributed by atoms with E-state index < -0.39 is 4.92 Å². The predicted molar refractivity (Wildman–Crippen MR) is 98.3 cm³/mol. The van der Waals surface area contributed by atoms with Gasteiger partial charge in [-0.2, -0.15) is 0 Å². The monoisotopic (exact) mass is 376 g/mol. The largest absolute Gasteiger partial charge is 0.496 e. The van der Waals surface area contributed by atoms with E-state index >= 15 is 0 Å². The van der Waals surface area contributed by atoms with E-state index in [1.54, 1.807) is 31.3 Å². The third-order valence-corrected chi connectivity index (χ3v) is 5.03. The number of rotatable bonds is 4. The van der Waals surface area contributed by atoms with Gasteiger partial charge in [0.15, 0.2) is 0 Å². The molecule has 1 aromatic heterocycles. The Morgan fingerprint density at radius 2 is 2.12 bits per heavy atom. The fourth-order valence-electron chi connectivity index (χ4n) is 2.25. The molecule has 2 aromatic rings. The fraction of sp³-hybridized carbons (Fsp3) is 0.125. The number of hydrogen-bond acceptors (Lipinski definition) is 7. The molecule has 0 aliphatic carbocycles. The van der Waals surface area contributed by atoms with E-state index in [-0.39, 0.29) is 11.6 Å². The molecule has 1 aliphatic rings. The van der Waals surface area contributed by atoms with Gasteiger partial charge >= 0.3 is 0 Å². The third kappa shape index (κ3) is 3.28. The summed E-state index contributed by atoms with van der Waals surface area (Å²) in [6.07, 6.45) is 1.62. The molecular weight excluding hydrogens is 364 g/mol. The number of nitro groups is 1. The zero-order valence-electron chi connectivity index (χ0n) is 13.2. The maximum atomic E-state index is 12.0. The van der Waals surface area contributed by atoms with Crippen LogP contribution in [0.4, 0.5) is 5.69 Å². The first-order valence-corrected chi connectivity index (χ1v) is 8.27. The molecule has 0 bridgehead atoms. The van der Waals surface area contributed by atoms with Crippen LogP contribution in [0.15, 0.2) is 39.7 Å². The molecule has 1 saturated heterocycles. The minimum absolute atomic E-state index is 0.0704. The van der Waals surface area contributed by atoms with Crippen molar-refractivity contribution in [3.05, 3.63) is 51.1 Å². The third-order valence-electron chi connectivity index (χ3n) is 3.55. The second-order valence-corrected chi connectivity index (χ2v) is 6.76. The van der Waals surface area contributed by atoms with Crippen LogP contribution in [0.5, 0.6) is 5.75 Å². The van der Waals surface area contributed by atoms with Crippen LogP contribution >= 0.6 is 24.0 Å². The van der Waals surface area contributed by atoms with Crippen molar-refractivity contribution in [3.8, 4) is 17.1 Å². The summed E-state index contributed by atoms with van der Waals surface area (Å²) in [5, 5.41) is 10.9. The molecule has 0 unspecified atom stereocenters. The predicted octanol–water partition coefficient (Wildman–Crippen LogP) is 3.69. The molecule has 2 heterocycles. The summed E-state index contributed by atoms with van der Waals surface area (Å²) in [7, 11) is 3.05. The van der Waals surface area contributed by atoms with Crippen molar-refractivity contribution in [2.45, 2.75) is 0 Å². The van der Waals surface area contributed by atoms with Gasteiger partial charge in [0.25, 0.3) is 11.6 Å². The Morgan fingerprint density at radius 3 is 2.72 bits per heavy atom. The van der Waals surface area contributed by atoms with Crippen molar-refractivity contribution in [2.24, 2.45) is 0 Å². The first-order valence-electron chi connectivity index (χ1n) is 7.05. The number of carbonyl (C=O) groups excluding carboxylic acids is 1. The van der Waals surface area contributed by atoms with E-state index in [0.717, 1.165) is 0 Å². The molecule has 0 N–H and O–H groups in total. The van der Waals surface area contributed by atoms with Crippen LogP contribution in [0.1, 0.15) is 5.76 Å². The van der Waals surface area contributed by atoms with E-state index in [4.69, 9.17) is 21.4 Å². The van der Waals surface area contributed by atoms with Gasteiger partial charge in [-0.1, -0.05) is 24.0 Å². The lowest BCUT2D eigenvalue weighted by Crippen LogP contribution is -2.22. The molecule has 25 heavy (non-hydrogen) atoms. The fourth-order valence-corrected chi connectivity index (χ4v) is 3.41. The Bertz CT molecular complexity index is 919. The molecular formula is C16H12N2O5S2. The average molecular weight is 376 g/mol. The lowest BCUT2D eigenvalue weighted by atomic mass is 10.1. The number of likely N-dealkylation sites (N-methyl/N-ethyl adjacent to an activating group) is 1. The summed E-state index contributed by atoms with van der Waals surface area (Å²) in [4.78, 5) is 24.3. The molecule has 0 atom stereocenters. The van der Waals surface area contributed by atoms with Crippen LogP contribution in [0, 0.1) is 10.1 Å². The summed E-state index contributed by atoms with van der Waals surface area (Å²) < 4.78 is 11.4. The Hall–Kier alpha value is -2.65. The standard InChI is InChI=1S/C16H12N2O5S2/c1-17-15(19)14(25-16(17)24)8-10-4-6-12(23-10)11-5-3-9(18(20)21)7-13(11)22-2/h3-8H,1-2H3/b14-8+. The van der Waals surface area contributed by atoms with Gasteiger partial charge in [-0.25, -0.2) is 0 Å². The summed E-state index contributed by atoms with van der Waals surface area (Å²) in [6.45, 7) is 0. The highest BCUT2D eigenvalue weighted by atomic mass is 32.2. The Morgan fingerprint density at radius 1 is 1.36 bits per heavy atom. The normalized spacial score (nSPS) is 15.9. The molecule has 0 radical (unpaired) electrons. The first-order chi connectivity index (χ1) is 11.9. The van der Waals surface area contributed by atoms with Crippen molar-refractivity contribution >= 4 is 46.0 Å². The van der Waals surface area contributed by atoms with E-state index in [1.807, 2.05) is 0 Å². The van der Waals surface area contributed by atoms with Crippen molar-refractivity contribution in [1.82, 2.24) is 4.90 Å². The van der Waals surface area contributed by atoms with E-state index in [9.17, 15) is 14.9 Å². The van der Waals surface area contributed by atoms with Crippen LogP contribution in [-0.2, 0) is 4.79 Å². The number of hydrogen-bond donors (Lipinski definition) is 0. The highest BCUT2D eigenvalue weighted by Gasteiger charge is 2.29. The van der Waals surface area contributed by atoms with Crippen LogP contribution < -0.4 is 4.74 Å². The SMILES string of the molecule is COc1cc([N+](=O)[O-])ccc1-c1ccc(/C=C2/SC(=S)N(C)C2=O)o1. The number of amides is 1. The smallest absolute Gasteiger partial charge is 0.273 e. The molecule has 0 saturated carbocycles. The van der Waals surface area contributed by atoms with Gasteiger partial charge in [-0.3, -0.25) is 19.8 Å². The molecule has 1 aromatic carbocycles. The van der Waals surface area contributed by atoms with Crippen LogP contribution in [0.25, 0.3) is 17.4 Å². The van der Waals surface area contributed by atoms with Crippen molar-refractivity contribution < 1.29 is 18.9 Å². The number of thioether (sulfide) groups is 1. The number of nitrogens with zero attached hydrogens (tertiary/aromatic N) is 2. The highest BCUT2D eigenvalue weighted by molar-refractivity contribution is 8.26. The maximum Gasteiger partial charge on any atom is 0.273 e. The molecule has 1 aliphatic heterocycles. The quantitative estimate of drug-likeness (QED) is 0.348. The number of carbonyl (C=O) groups is 1. The zero-order chi connectivity index (χ0) is 18.1. The summed E-state index contributed by atoms with van der Waals surface area (Å²) in [5.41, 5.74) is 0.509. The minimum Gasteiger partial charge on any atom is -0.496 e. The Kier molecular flexibility index (Phi) is 4.60. The van der Waals surface area contributed by atoms with Gasteiger partial charge in [0.05, 0.1) is 28.6 Å². The van der Waals surface area contributed by atoms with Gasteiger partial charge in [0.2, 0.25) is 0 Å². The summed E-state index contributed by atoms with van der Waals surface area (Å²) in [6, 6.07) is 7.69. The lowest BCUT2D eigenvalue weighted by molar-refractivity contribution is -0.384. The average Bonchev–Trinajstić information content (AvgIpc) is 3.15. The van der Waals surface area contributed by atoms with Crippen LogP contribution in [-0.4, -0.2) is 34.2 Å². The Balaban J connectivity index is 1.93. The van der Waals surface area contributed by atoms with Gasteiger partial charge < -0.3 is 9.15 Å². The van der Waals surface area contributed by atoms with E-state index in [1.165, 1.54) is 35.9 Å². The van der Waals surface area contributed by atoms with E-state index in [2.05, 4.69) is 0 Å². The van der Waals surface area contributed by atoms with Crippen molar-refractivity contribution in [1.29, 1.82) is 0 Å². The number of thiocarbonyl (C=S) groups is 1. The van der Waals surface area contributed by atoms with E-state index in [0.29, 0.717) is 32.1 Å². The van der Waals surface area contributed by atoms with Crippen molar-refractivity contribution in [2.75, 3.05) is 14.2 Å². The van der Waals surface area contributed by atoms with Crippen molar-refractivity contribution in [3.63, 3.8) is 0 Å². The summed E-state index contributed by atoms with van der Waals surface area (Å²) >= 11 is 6.29. The second kappa shape index (κ2) is 6.69. The maximum absolute atomic E-state index is 12.0. The van der Waals surface area contributed by atoms with Gasteiger partial charge in [-0.15, -0.1) is 0 Å². The first kappa shape index (κ1) is 17.2. The molecule has 9 heteroatoms. The molecule has 7 nitrogen and oxygen atoms in total. The number of benzene rings is 1. The van der Waals surface area contributed by atoms with Gasteiger partial charge in [-0.05, 0) is 18.2 Å². The number of nitro benzene ring substituents is 1. The second-order valence-electron chi connectivity index (χ2n) is 5.08. The van der Waals surface area contributed by atoms with Crippen LogP contribution in [0.2, 0.25) is 0 Å².